The number of carbonyl (C=O) groups is 4. The van der Waals surface area contributed by atoms with E-state index in [2.05, 4.69) is 55.4 Å². The fourth-order valence-electron chi connectivity index (χ4n) is 11.5. The van der Waals surface area contributed by atoms with Crippen LogP contribution in [0.15, 0.2) is 0 Å². The molecule has 0 fully saturated rings. The van der Waals surface area contributed by atoms with Crippen molar-refractivity contribution in [3.63, 3.8) is 0 Å². The van der Waals surface area contributed by atoms with E-state index in [0.29, 0.717) is 25.7 Å². The fraction of sp³-hybridized carbons (Fsp3) is 0.947. The zero-order valence-electron chi connectivity index (χ0n) is 62.3. The van der Waals surface area contributed by atoms with Gasteiger partial charge in [-0.05, 0) is 49.4 Å². The van der Waals surface area contributed by atoms with Crippen LogP contribution >= 0.6 is 15.6 Å². The Morgan fingerprint density at radius 3 is 0.747 bits per heavy atom. The Hall–Kier alpha value is -1.94. The highest BCUT2D eigenvalue weighted by Gasteiger charge is 2.30. The van der Waals surface area contributed by atoms with Crippen LogP contribution in [0.2, 0.25) is 0 Å². The average molecular weight is 1400 g/mol. The molecule has 564 valence electrons. The molecule has 0 aromatic rings. The molecular weight excluding hydrogens is 1250 g/mol. The van der Waals surface area contributed by atoms with Crippen LogP contribution < -0.4 is 0 Å². The number of ether oxygens (including phenoxy) is 4. The zero-order valence-corrected chi connectivity index (χ0v) is 64.1. The van der Waals surface area contributed by atoms with E-state index < -0.39 is 97.5 Å². The number of carbonyl (C=O) groups excluding carboxylic acids is 4. The van der Waals surface area contributed by atoms with Crippen molar-refractivity contribution in [3.05, 3.63) is 0 Å². The predicted octanol–water partition coefficient (Wildman–Crippen LogP) is 22.0. The smallest absolute Gasteiger partial charge is 0.462 e. The summed E-state index contributed by atoms with van der Waals surface area (Å²) in [5.74, 6) is 0.925. The molecule has 0 heterocycles. The molecule has 19 heteroatoms. The van der Waals surface area contributed by atoms with Gasteiger partial charge in [0.1, 0.15) is 19.3 Å². The standard InChI is InChI=1S/C76H148O17P2/c1-9-69(8)55-47-39-34-35-41-49-57-74(79)87-63-72(93-76(81)59-51-43-33-27-21-19-24-30-38-46-54-68(6)7)65-91-95(84,85)89-61-70(77)60-88-94(82,83)90-64-71(92-75(80)58-50-42-32-26-20-18-23-29-37-45-53-67(4)5)62-86-73(78)56-48-40-31-25-17-15-13-11-10-12-14-16-22-28-36-44-52-66(2)3/h66-72,77H,9-65H2,1-8H3,(H,82,83)(H,84,85)/t69?,70-,71-,72-/m1/s1. The van der Waals surface area contributed by atoms with Crippen molar-refractivity contribution >= 4 is 39.5 Å². The summed E-state index contributed by atoms with van der Waals surface area (Å²) < 4.78 is 68.5. The third-order valence-corrected chi connectivity index (χ3v) is 19.8. The Bertz CT molecular complexity index is 1870. The molecule has 3 unspecified atom stereocenters. The van der Waals surface area contributed by atoms with Crippen LogP contribution in [0.25, 0.3) is 0 Å². The van der Waals surface area contributed by atoms with Gasteiger partial charge in [0.2, 0.25) is 0 Å². The monoisotopic (exact) mass is 1400 g/mol. The molecule has 0 aliphatic rings. The molecule has 0 aromatic carbocycles. The van der Waals surface area contributed by atoms with Crippen LogP contribution in [0.1, 0.15) is 383 Å². The minimum Gasteiger partial charge on any atom is -0.462 e. The molecule has 0 rings (SSSR count). The summed E-state index contributed by atoms with van der Waals surface area (Å²) in [5.41, 5.74) is 0. The van der Waals surface area contributed by atoms with E-state index in [4.69, 9.17) is 37.0 Å². The summed E-state index contributed by atoms with van der Waals surface area (Å²) >= 11 is 0. The first-order valence-corrected chi connectivity index (χ1v) is 42.2. The second-order valence-corrected chi connectivity index (χ2v) is 32.0. The molecule has 0 spiro atoms. The summed E-state index contributed by atoms with van der Waals surface area (Å²) in [6.45, 7) is 14.2. The largest absolute Gasteiger partial charge is 0.472 e. The van der Waals surface area contributed by atoms with Gasteiger partial charge in [-0.15, -0.1) is 0 Å². The van der Waals surface area contributed by atoms with E-state index in [-0.39, 0.29) is 25.7 Å². The fourth-order valence-corrected chi connectivity index (χ4v) is 13.1. The Morgan fingerprint density at radius 2 is 0.505 bits per heavy atom. The number of hydrogen-bond acceptors (Lipinski definition) is 15. The van der Waals surface area contributed by atoms with Crippen molar-refractivity contribution in [2.75, 3.05) is 39.6 Å². The maximum atomic E-state index is 13.1. The normalized spacial score (nSPS) is 14.4. The van der Waals surface area contributed by atoms with Crippen LogP contribution in [0.4, 0.5) is 0 Å². The van der Waals surface area contributed by atoms with Gasteiger partial charge in [-0.25, -0.2) is 9.13 Å². The maximum absolute atomic E-state index is 13.1. The van der Waals surface area contributed by atoms with Crippen LogP contribution in [-0.2, 0) is 65.4 Å². The lowest BCUT2D eigenvalue weighted by molar-refractivity contribution is -0.161. The molecule has 3 N–H and O–H groups in total. The molecule has 0 aliphatic carbocycles. The van der Waals surface area contributed by atoms with Gasteiger partial charge >= 0.3 is 39.5 Å². The SMILES string of the molecule is CCC(C)CCCCCCCCC(=O)OC[C@H](COP(=O)(O)OC[C@H](O)COP(=O)(O)OC[C@@H](COC(=O)CCCCCCCCCCCCCCCCCCC(C)C)OC(=O)CCCCCCCCCCCCC(C)C)OC(=O)CCCCCCCCCCCCC(C)C. The summed E-state index contributed by atoms with van der Waals surface area (Å²) in [5, 5.41) is 10.6. The molecule has 0 aromatic heterocycles. The van der Waals surface area contributed by atoms with E-state index in [1.807, 2.05) is 0 Å². The second kappa shape index (κ2) is 65.4. The van der Waals surface area contributed by atoms with E-state index in [0.717, 1.165) is 120 Å². The van der Waals surface area contributed by atoms with Crippen molar-refractivity contribution < 1.29 is 80.2 Å². The van der Waals surface area contributed by atoms with Crippen molar-refractivity contribution in [2.45, 2.75) is 401 Å². The van der Waals surface area contributed by atoms with Gasteiger partial charge in [-0.1, -0.05) is 331 Å². The summed E-state index contributed by atoms with van der Waals surface area (Å²) in [6.07, 6.45) is 50.0. The Balaban J connectivity index is 5.22. The maximum Gasteiger partial charge on any atom is 0.472 e. The Labute approximate surface area is 581 Å². The molecule has 0 saturated carbocycles. The Kier molecular flexibility index (Phi) is 64.0. The third kappa shape index (κ3) is 69.0. The molecule has 6 atom stereocenters. The van der Waals surface area contributed by atoms with Crippen LogP contribution in [0, 0.1) is 23.7 Å². The lowest BCUT2D eigenvalue weighted by Gasteiger charge is -2.21. The first-order chi connectivity index (χ1) is 45.6. The van der Waals surface area contributed by atoms with Crippen molar-refractivity contribution in [3.8, 4) is 0 Å². The summed E-state index contributed by atoms with van der Waals surface area (Å²) in [7, 11) is -9.91. The lowest BCUT2D eigenvalue weighted by atomic mass is 10.00. The number of rotatable bonds is 73. The van der Waals surface area contributed by atoms with Crippen molar-refractivity contribution in [2.24, 2.45) is 23.7 Å². The van der Waals surface area contributed by atoms with Crippen LogP contribution in [0.5, 0.6) is 0 Å². The van der Waals surface area contributed by atoms with E-state index in [9.17, 15) is 43.2 Å². The highest BCUT2D eigenvalue weighted by molar-refractivity contribution is 7.47. The highest BCUT2D eigenvalue weighted by atomic mass is 31.2. The third-order valence-electron chi connectivity index (χ3n) is 17.9. The van der Waals surface area contributed by atoms with Gasteiger partial charge in [0.15, 0.2) is 12.2 Å². The molecule has 0 saturated heterocycles. The highest BCUT2D eigenvalue weighted by Crippen LogP contribution is 2.45. The van der Waals surface area contributed by atoms with Gasteiger partial charge < -0.3 is 33.8 Å². The number of esters is 4. The van der Waals surface area contributed by atoms with E-state index >= 15 is 0 Å². The molecular formula is C76H148O17P2. The van der Waals surface area contributed by atoms with Gasteiger partial charge in [0.05, 0.1) is 26.4 Å². The minimum absolute atomic E-state index is 0.105. The topological polar surface area (TPSA) is 237 Å². The second-order valence-electron chi connectivity index (χ2n) is 29.1. The number of phosphoric acid groups is 2. The first-order valence-electron chi connectivity index (χ1n) is 39.2. The van der Waals surface area contributed by atoms with Crippen molar-refractivity contribution in [1.82, 2.24) is 0 Å². The number of aliphatic hydroxyl groups is 1. The zero-order chi connectivity index (χ0) is 70.3. The lowest BCUT2D eigenvalue weighted by Crippen LogP contribution is -2.30. The van der Waals surface area contributed by atoms with Gasteiger partial charge in [-0.2, -0.15) is 0 Å². The molecule has 0 radical (unpaired) electrons. The van der Waals surface area contributed by atoms with Crippen molar-refractivity contribution in [1.29, 1.82) is 0 Å². The number of aliphatic hydroxyl groups excluding tert-OH is 1. The number of phosphoric ester groups is 2. The van der Waals surface area contributed by atoms with Gasteiger partial charge in [-0.3, -0.25) is 37.3 Å². The Morgan fingerprint density at radius 1 is 0.295 bits per heavy atom. The molecule has 0 amide bonds. The number of unbranched alkanes of at least 4 members (excludes halogenated alkanes) is 38. The molecule has 0 bridgehead atoms. The van der Waals surface area contributed by atoms with Crippen LogP contribution in [-0.4, -0.2) is 96.7 Å². The minimum atomic E-state index is -4.96. The quantitative estimate of drug-likeness (QED) is 0.0222. The predicted molar refractivity (Wildman–Crippen MR) is 386 cm³/mol. The van der Waals surface area contributed by atoms with Crippen LogP contribution in [0.3, 0.4) is 0 Å². The molecule has 95 heavy (non-hydrogen) atoms. The van der Waals surface area contributed by atoms with Gasteiger partial charge in [0, 0.05) is 25.7 Å². The van der Waals surface area contributed by atoms with E-state index in [1.165, 1.54) is 180 Å². The first kappa shape index (κ1) is 93.1. The number of hydrogen-bond donors (Lipinski definition) is 3. The summed E-state index contributed by atoms with van der Waals surface area (Å²) in [6, 6.07) is 0. The summed E-state index contributed by atoms with van der Waals surface area (Å²) in [4.78, 5) is 72.8. The molecule has 0 aliphatic heterocycles. The molecule has 17 nitrogen and oxygen atoms in total. The van der Waals surface area contributed by atoms with E-state index in [1.54, 1.807) is 0 Å². The average Bonchev–Trinajstić information content (AvgIpc) is 1.75. The van der Waals surface area contributed by atoms with Gasteiger partial charge in [0.25, 0.3) is 0 Å².